The molecule has 0 aromatic rings. The molecule has 8 rings (SSSR count). The maximum atomic E-state index is 12.8. The van der Waals surface area contributed by atoms with Crippen LogP contribution in [-0.4, -0.2) is 244 Å². The lowest BCUT2D eigenvalue weighted by Crippen LogP contribution is -2.68. The van der Waals surface area contributed by atoms with Gasteiger partial charge < -0.3 is 114 Å². The van der Waals surface area contributed by atoms with Gasteiger partial charge in [0.15, 0.2) is 25.2 Å². The molecular formula is C54H92O23. The van der Waals surface area contributed by atoms with Crippen LogP contribution in [0, 0.1) is 45.3 Å². The van der Waals surface area contributed by atoms with Crippen LogP contribution < -0.4 is 0 Å². The van der Waals surface area contributed by atoms with Gasteiger partial charge >= 0.3 is 0 Å². The van der Waals surface area contributed by atoms with Gasteiger partial charge in [0.25, 0.3) is 0 Å². The topological polar surface area (TPSA) is 377 Å². The average molecular weight is 1110 g/mol. The van der Waals surface area contributed by atoms with Crippen LogP contribution in [-0.2, 0) is 37.9 Å². The zero-order valence-corrected chi connectivity index (χ0v) is 45.8. The van der Waals surface area contributed by atoms with E-state index in [2.05, 4.69) is 40.7 Å². The third-order valence-electron chi connectivity index (χ3n) is 20.9. The predicted molar refractivity (Wildman–Crippen MR) is 266 cm³/mol. The molecule has 0 bridgehead atoms. The van der Waals surface area contributed by atoms with E-state index in [9.17, 15) is 76.6 Å². The Morgan fingerprint density at radius 3 is 1.64 bits per heavy atom. The van der Waals surface area contributed by atoms with E-state index in [1.807, 2.05) is 20.8 Å². The van der Waals surface area contributed by atoms with E-state index in [0.717, 1.165) is 24.8 Å². The maximum Gasteiger partial charge on any atom is 0.187 e. The molecular weight excluding hydrogens is 1020 g/mol. The Morgan fingerprint density at radius 1 is 0.545 bits per heavy atom. The average Bonchev–Trinajstić information content (AvgIpc) is 3.96. The molecule has 4 aliphatic carbocycles. The second kappa shape index (κ2) is 23.5. The number of aliphatic hydroxyl groups is 15. The zero-order chi connectivity index (χ0) is 56.6. The van der Waals surface area contributed by atoms with Crippen LogP contribution in [0.5, 0.6) is 0 Å². The first-order valence-electron chi connectivity index (χ1n) is 27.9. The standard InChI is InChI=1S/C54H92O23/c1-23(2)10-9-14-54(8,77-48-44(69)40(65)37(62)29(74-48)22-70-46-42(67)38(63)34(59)26(19-55)71-46)24-11-16-53(7)33(24)25(58)18-31-51(5)15-13-32(50(3,4)30(51)12-17-52(31,53)6)75-49-45(41(66)36(61)28(21-57)73-49)76-47-43(68)39(64)35(60)27(20-56)72-47/h10,24-49,55-69H,9,11-22H2,1-8H3/t24-,25+,26+,27+,28+,29+,30-,31+,32-,33?,34+,35+,36+,37+,38-,39-,40-,41-,42+,43+,44+,45+,46+,47-,48-,49-,51-,52+,53+,54-/m0/s1. The fraction of sp³-hybridized carbons (Fsp3) is 0.963. The molecule has 23 heteroatoms. The van der Waals surface area contributed by atoms with Crippen LogP contribution in [0.25, 0.3) is 0 Å². The van der Waals surface area contributed by atoms with E-state index in [1.165, 1.54) is 0 Å². The minimum Gasteiger partial charge on any atom is -0.394 e. The summed E-state index contributed by atoms with van der Waals surface area (Å²) in [6.07, 6.45) is -25.2. The molecule has 0 spiro atoms. The highest BCUT2D eigenvalue weighted by Gasteiger charge is 2.72. The second-order valence-electron chi connectivity index (χ2n) is 25.7. The van der Waals surface area contributed by atoms with E-state index in [-0.39, 0.29) is 34.5 Å². The third-order valence-corrected chi connectivity index (χ3v) is 20.9. The highest BCUT2D eigenvalue weighted by Crippen LogP contribution is 2.76. The fourth-order valence-electron chi connectivity index (χ4n) is 16.3. The van der Waals surface area contributed by atoms with Gasteiger partial charge in [0.2, 0.25) is 0 Å². The largest absolute Gasteiger partial charge is 0.394 e. The van der Waals surface area contributed by atoms with Crippen molar-refractivity contribution < 1.29 is 114 Å². The first kappa shape index (κ1) is 61.9. The molecule has 4 aliphatic heterocycles. The Bertz CT molecular complexity index is 1990. The van der Waals surface area contributed by atoms with Gasteiger partial charge in [0.05, 0.1) is 44.2 Å². The summed E-state index contributed by atoms with van der Waals surface area (Å²) < 4.78 is 48.9. The lowest BCUT2D eigenvalue weighted by atomic mass is 9.35. The molecule has 23 nitrogen and oxygen atoms in total. The van der Waals surface area contributed by atoms with Crippen LogP contribution in [0.4, 0.5) is 0 Å². The van der Waals surface area contributed by atoms with Crippen molar-refractivity contribution in [1.29, 1.82) is 0 Å². The molecule has 15 N–H and O–H groups in total. The smallest absolute Gasteiger partial charge is 0.187 e. The Balaban J connectivity index is 1.01. The summed E-state index contributed by atoms with van der Waals surface area (Å²) in [4.78, 5) is 0. The van der Waals surface area contributed by atoms with Gasteiger partial charge in [-0.2, -0.15) is 0 Å². The molecule has 0 aromatic heterocycles. The van der Waals surface area contributed by atoms with Crippen molar-refractivity contribution in [1.82, 2.24) is 0 Å². The normalized spacial score (nSPS) is 52.7. The van der Waals surface area contributed by atoms with Gasteiger partial charge in [0, 0.05) is 0 Å². The fourth-order valence-corrected chi connectivity index (χ4v) is 16.3. The number of hydrogen-bond donors (Lipinski definition) is 15. The third kappa shape index (κ3) is 10.9. The van der Waals surface area contributed by atoms with Crippen LogP contribution in [0.15, 0.2) is 11.6 Å². The number of allylic oxidation sites excluding steroid dienone is 2. The summed E-state index contributed by atoms with van der Waals surface area (Å²) in [6.45, 7) is 14.6. The van der Waals surface area contributed by atoms with Gasteiger partial charge in [-0.05, 0) is 124 Å². The molecule has 1 unspecified atom stereocenters. The quantitative estimate of drug-likeness (QED) is 0.0576. The molecule has 8 aliphatic rings. The molecule has 4 saturated carbocycles. The molecule has 77 heavy (non-hydrogen) atoms. The Hall–Kier alpha value is -1.18. The van der Waals surface area contributed by atoms with Crippen molar-refractivity contribution in [2.75, 3.05) is 26.4 Å². The predicted octanol–water partition coefficient (Wildman–Crippen LogP) is -2.20. The highest BCUT2D eigenvalue weighted by molar-refractivity contribution is 5.20. The van der Waals surface area contributed by atoms with Crippen LogP contribution in [0.3, 0.4) is 0 Å². The Kier molecular flexibility index (Phi) is 18.9. The van der Waals surface area contributed by atoms with Crippen molar-refractivity contribution >= 4 is 0 Å². The van der Waals surface area contributed by atoms with Gasteiger partial charge in [-0.3, -0.25) is 0 Å². The van der Waals surface area contributed by atoms with Crippen molar-refractivity contribution in [2.24, 2.45) is 45.3 Å². The SMILES string of the molecule is CC(C)=CCC[C@](C)(O[C@@H]1O[C@H](CO[C@@H]2O[C@H](CO)[C@@H](O)[C@H](O)[C@H]2O)[C@@H](O)[C@H](O)[C@H]1O)[C@H]1CC[C@]2(C)C1[C@H](O)C[C@@H]1[C@@]3(C)CC[C@H](O[C@@H]4O[C@H](CO)[C@@H](O)[C@H](O)[C@H]4O[C@@H]4O[C@H](CO)[C@@H](O)[C@H](O)[C@H]4O)C(C)(C)[C@@H]3CC[C@]12C. The number of fused-ring (bicyclic) bond motifs is 5. The summed E-state index contributed by atoms with van der Waals surface area (Å²) in [7, 11) is 0. The van der Waals surface area contributed by atoms with Crippen molar-refractivity contribution in [3.05, 3.63) is 11.6 Å². The molecule has 4 saturated heterocycles. The zero-order valence-electron chi connectivity index (χ0n) is 45.8. The number of hydrogen-bond acceptors (Lipinski definition) is 23. The van der Waals surface area contributed by atoms with E-state index < -0.39 is 178 Å². The van der Waals surface area contributed by atoms with E-state index in [4.69, 9.17) is 37.9 Å². The first-order valence-corrected chi connectivity index (χ1v) is 27.9. The van der Waals surface area contributed by atoms with E-state index >= 15 is 0 Å². The lowest BCUT2D eigenvalue weighted by molar-refractivity contribution is -0.378. The van der Waals surface area contributed by atoms with E-state index in [0.29, 0.717) is 38.5 Å². The van der Waals surface area contributed by atoms with Gasteiger partial charge in [-0.1, -0.05) is 46.3 Å². The Morgan fingerprint density at radius 2 is 1.05 bits per heavy atom. The summed E-state index contributed by atoms with van der Waals surface area (Å²) in [5.74, 6) is -0.475. The minimum absolute atomic E-state index is 0.0374. The summed E-state index contributed by atoms with van der Waals surface area (Å²) >= 11 is 0. The first-order chi connectivity index (χ1) is 36.0. The van der Waals surface area contributed by atoms with Crippen molar-refractivity contribution in [3.8, 4) is 0 Å². The molecule has 30 atom stereocenters. The molecule has 0 radical (unpaired) electrons. The van der Waals surface area contributed by atoms with Gasteiger partial charge in [-0.25, -0.2) is 0 Å². The number of rotatable bonds is 16. The van der Waals surface area contributed by atoms with Crippen molar-refractivity contribution in [3.63, 3.8) is 0 Å². The molecule has 0 amide bonds. The lowest BCUT2D eigenvalue weighted by Gasteiger charge is -2.71. The van der Waals surface area contributed by atoms with Gasteiger partial charge in [-0.15, -0.1) is 0 Å². The summed E-state index contributed by atoms with van der Waals surface area (Å²) in [6, 6.07) is 0. The minimum atomic E-state index is -1.82. The monoisotopic (exact) mass is 1110 g/mol. The summed E-state index contributed by atoms with van der Waals surface area (Å²) in [5.41, 5.74) is -1.59. The number of aliphatic hydroxyl groups excluding tert-OH is 15. The molecule has 8 fully saturated rings. The second-order valence-corrected chi connectivity index (χ2v) is 25.7. The highest BCUT2D eigenvalue weighted by atomic mass is 16.8. The van der Waals surface area contributed by atoms with Crippen molar-refractivity contribution in [2.45, 2.75) is 254 Å². The van der Waals surface area contributed by atoms with Gasteiger partial charge in [0.1, 0.15) is 97.7 Å². The Labute approximate surface area is 450 Å². The van der Waals surface area contributed by atoms with Crippen LogP contribution in [0.1, 0.15) is 113 Å². The molecule has 0 aromatic carbocycles. The summed E-state index contributed by atoms with van der Waals surface area (Å²) in [5, 5.41) is 162. The molecule has 446 valence electrons. The van der Waals surface area contributed by atoms with Crippen LogP contribution >= 0.6 is 0 Å². The number of ether oxygens (including phenoxy) is 8. The maximum absolute atomic E-state index is 12.8. The molecule has 4 heterocycles. The van der Waals surface area contributed by atoms with E-state index in [1.54, 1.807) is 0 Å². The van der Waals surface area contributed by atoms with Crippen LogP contribution in [0.2, 0.25) is 0 Å².